The van der Waals surface area contributed by atoms with Crippen LogP contribution < -0.4 is 28.4 Å². The van der Waals surface area contributed by atoms with E-state index in [-0.39, 0.29) is 34.6 Å². The van der Waals surface area contributed by atoms with Gasteiger partial charge in [0.1, 0.15) is 34.5 Å². The van der Waals surface area contributed by atoms with Crippen LogP contribution in [0.5, 0.6) is 34.5 Å². The Balaban J connectivity index is 0.833. The van der Waals surface area contributed by atoms with Gasteiger partial charge in [0.15, 0.2) is 0 Å². The fourth-order valence-corrected chi connectivity index (χ4v) is 8.54. The largest absolute Gasteiger partial charge is 0.494 e. The highest BCUT2D eigenvalue weighted by Gasteiger charge is 2.15. The average molecular weight is 1120 g/mol. The molecule has 0 aromatic heterocycles. The summed E-state index contributed by atoms with van der Waals surface area (Å²) in [5.74, 6) is -0.501. The third kappa shape index (κ3) is 23.1. The van der Waals surface area contributed by atoms with Crippen molar-refractivity contribution in [1.82, 2.24) is 0 Å². The number of hydrogen-bond donors (Lipinski definition) is 0. The first-order valence-electron chi connectivity index (χ1n) is 28.4. The van der Waals surface area contributed by atoms with Crippen molar-refractivity contribution in [3.05, 3.63) is 193 Å². The first kappa shape index (κ1) is 62.4. The maximum absolute atomic E-state index is 13.1. The predicted octanol–water partition coefficient (Wildman–Crippen LogP) is 15.5. The van der Waals surface area contributed by atoms with Crippen LogP contribution in [0.15, 0.2) is 171 Å². The lowest BCUT2D eigenvalue weighted by Gasteiger charge is -2.10. The molecule has 82 heavy (non-hydrogen) atoms. The second-order valence-electron chi connectivity index (χ2n) is 19.5. The normalized spacial score (nSPS) is 10.7. The van der Waals surface area contributed by atoms with E-state index in [1.807, 2.05) is 6.07 Å². The van der Waals surface area contributed by atoms with Crippen LogP contribution in [-0.4, -0.2) is 62.2 Å². The summed E-state index contributed by atoms with van der Waals surface area (Å²) >= 11 is 0. The maximum Gasteiger partial charge on any atom is 0.343 e. The van der Waals surface area contributed by atoms with E-state index in [9.17, 15) is 28.8 Å². The Bertz CT molecular complexity index is 2950. The summed E-state index contributed by atoms with van der Waals surface area (Å²) < 4.78 is 44.1. The van der Waals surface area contributed by atoms with Crippen LogP contribution in [0.3, 0.4) is 0 Å². The molecule has 0 unspecified atom stereocenters. The predicted molar refractivity (Wildman–Crippen MR) is 314 cm³/mol. The Kier molecular flexibility index (Phi) is 27.2. The molecule has 0 heterocycles. The van der Waals surface area contributed by atoms with E-state index in [4.69, 9.17) is 37.9 Å². The molecule has 0 saturated carbocycles. The molecule has 6 aromatic rings. The van der Waals surface area contributed by atoms with Gasteiger partial charge in [-0.05, 0) is 158 Å². The van der Waals surface area contributed by atoms with Gasteiger partial charge in [0.2, 0.25) is 0 Å². The van der Waals surface area contributed by atoms with Crippen molar-refractivity contribution in [3.8, 4) is 45.6 Å². The molecular weight excluding hydrogens is 1040 g/mol. The van der Waals surface area contributed by atoms with Crippen molar-refractivity contribution in [2.24, 2.45) is 0 Å². The van der Waals surface area contributed by atoms with Gasteiger partial charge in [0.05, 0.1) is 48.7 Å². The molecule has 14 nitrogen and oxygen atoms in total. The van der Waals surface area contributed by atoms with Crippen LogP contribution in [0, 0.1) is 0 Å². The number of rotatable bonds is 37. The number of unbranched alkanes of at least 4 members (excludes halogenated alkanes) is 16. The van der Waals surface area contributed by atoms with Gasteiger partial charge in [-0.2, -0.15) is 0 Å². The van der Waals surface area contributed by atoms with Crippen molar-refractivity contribution >= 4 is 35.8 Å². The van der Waals surface area contributed by atoms with Crippen molar-refractivity contribution in [2.75, 3.05) is 26.4 Å². The Morgan fingerprint density at radius 3 is 0.902 bits per heavy atom. The molecule has 6 aromatic carbocycles. The van der Waals surface area contributed by atoms with E-state index in [1.54, 1.807) is 91.0 Å². The Morgan fingerprint density at radius 1 is 0.293 bits per heavy atom. The van der Waals surface area contributed by atoms with Gasteiger partial charge in [0.25, 0.3) is 0 Å². The SMILES string of the molecule is C=CC(=O)OCCCCCCCCCCCOc1ccc(C(=O)Oc2ccc(C(=O)Oc3ccc(-c4cccc(OC(=O)c5ccc(OC(=O)c6ccc(OCCCCCCCCCCCOC(=O)C=C)cc6)cc5)c4)cc3)cc2)cc1. The van der Waals surface area contributed by atoms with Crippen LogP contribution in [0.4, 0.5) is 0 Å². The lowest BCUT2D eigenvalue weighted by atomic mass is 10.1. The average Bonchev–Trinajstić information content (AvgIpc) is 3.51. The highest BCUT2D eigenvalue weighted by molar-refractivity contribution is 5.94. The van der Waals surface area contributed by atoms with Crippen molar-refractivity contribution in [1.29, 1.82) is 0 Å². The molecule has 0 spiro atoms. The fraction of sp³-hybridized carbons (Fsp3) is 0.324. The molecular formula is C68H74O14. The Hall–Kier alpha value is -8.78. The molecule has 0 atom stereocenters. The summed E-state index contributed by atoms with van der Waals surface area (Å²) in [5.41, 5.74) is 2.78. The lowest BCUT2D eigenvalue weighted by Crippen LogP contribution is -2.10. The molecule has 0 amide bonds. The molecule has 0 radical (unpaired) electrons. The van der Waals surface area contributed by atoms with E-state index in [0.29, 0.717) is 60.6 Å². The Morgan fingerprint density at radius 2 is 0.573 bits per heavy atom. The minimum atomic E-state index is -0.596. The molecule has 0 bridgehead atoms. The molecule has 0 aliphatic rings. The molecule has 0 fully saturated rings. The second kappa shape index (κ2) is 35.8. The fourth-order valence-electron chi connectivity index (χ4n) is 8.54. The first-order chi connectivity index (χ1) is 40.1. The number of hydrogen-bond acceptors (Lipinski definition) is 14. The second-order valence-corrected chi connectivity index (χ2v) is 19.5. The van der Waals surface area contributed by atoms with E-state index >= 15 is 0 Å². The van der Waals surface area contributed by atoms with E-state index in [2.05, 4.69) is 13.2 Å². The third-order valence-corrected chi connectivity index (χ3v) is 13.2. The smallest absolute Gasteiger partial charge is 0.343 e. The number of carbonyl (C=O) groups is 6. The highest BCUT2D eigenvalue weighted by atomic mass is 16.6. The topological polar surface area (TPSA) is 176 Å². The zero-order chi connectivity index (χ0) is 58.0. The van der Waals surface area contributed by atoms with Crippen LogP contribution >= 0.6 is 0 Å². The van der Waals surface area contributed by atoms with Gasteiger partial charge in [-0.15, -0.1) is 0 Å². The molecule has 0 saturated heterocycles. The third-order valence-electron chi connectivity index (χ3n) is 13.2. The van der Waals surface area contributed by atoms with E-state index < -0.39 is 23.9 Å². The lowest BCUT2D eigenvalue weighted by molar-refractivity contribution is -0.138. The molecule has 6 rings (SSSR count). The van der Waals surface area contributed by atoms with E-state index in [1.165, 1.54) is 99.2 Å². The highest BCUT2D eigenvalue weighted by Crippen LogP contribution is 2.28. The van der Waals surface area contributed by atoms with Crippen molar-refractivity contribution < 1.29 is 66.7 Å². The zero-order valence-electron chi connectivity index (χ0n) is 46.7. The summed E-state index contributed by atoms with van der Waals surface area (Å²) in [5, 5.41) is 0. The zero-order valence-corrected chi connectivity index (χ0v) is 46.7. The van der Waals surface area contributed by atoms with Gasteiger partial charge < -0.3 is 37.9 Å². The maximum atomic E-state index is 13.1. The summed E-state index contributed by atoms with van der Waals surface area (Å²) in [6.07, 6.45) is 22.0. The van der Waals surface area contributed by atoms with Crippen LogP contribution in [0.2, 0.25) is 0 Å². The summed E-state index contributed by atoms with van der Waals surface area (Å²) in [7, 11) is 0. The van der Waals surface area contributed by atoms with Gasteiger partial charge >= 0.3 is 35.8 Å². The van der Waals surface area contributed by atoms with Gasteiger partial charge in [-0.3, -0.25) is 0 Å². The summed E-state index contributed by atoms with van der Waals surface area (Å²) in [4.78, 5) is 74.1. The molecule has 430 valence electrons. The Labute approximate surface area is 481 Å². The van der Waals surface area contributed by atoms with Gasteiger partial charge in [0, 0.05) is 12.2 Å². The number of carbonyl (C=O) groups excluding carboxylic acids is 6. The quantitative estimate of drug-likeness (QED) is 0.0156. The minimum absolute atomic E-state index is 0.260. The summed E-state index contributed by atoms with van der Waals surface area (Å²) in [6, 6.07) is 39.7. The van der Waals surface area contributed by atoms with Crippen molar-refractivity contribution in [2.45, 2.75) is 116 Å². The van der Waals surface area contributed by atoms with Crippen LogP contribution in [0.25, 0.3) is 11.1 Å². The number of ether oxygens (including phenoxy) is 8. The van der Waals surface area contributed by atoms with Crippen LogP contribution in [-0.2, 0) is 19.1 Å². The van der Waals surface area contributed by atoms with Crippen molar-refractivity contribution in [3.63, 3.8) is 0 Å². The van der Waals surface area contributed by atoms with Gasteiger partial charge in [-0.1, -0.05) is 127 Å². The molecule has 0 aliphatic carbocycles. The minimum Gasteiger partial charge on any atom is -0.494 e. The van der Waals surface area contributed by atoms with Gasteiger partial charge in [-0.25, -0.2) is 28.8 Å². The van der Waals surface area contributed by atoms with E-state index in [0.717, 1.165) is 88.2 Å². The molecule has 0 N–H and O–H groups in total. The van der Waals surface area contributed by atoms with Crippen LogP contribution in [0.1, 0.15) is 157 Å². The number of benzene rings is 6. The standard InChI is InChI=1S/C68H74O14/c1-3-63(69)77-48-21-17-13-9-5-7-11-15-19-46-75-57-36-28-52(29-37-57)65(71)80-60-42-32-54(33-43-60)67(73)79-59-40-26-51(27-41-59)56-24-23-25-62(50-56)82-68(74)55-34-44-61(45-35-55)81-66(72)53-30-38-58(39-31-53)76-47-20-16-12-8-6-10-14-18-22-49-78-64(70)4-2/h3-4,23-45,50H,1-2,5-22,46-49H2. The monoisotopic (exact) mass is 1110 g/mol. The molecule has 14 heteroatoms. The first-order valence-corrected chi connectivity index (χ1v) is 28.4. The molecule has 0 aliphatic heterocycles. The summed E-state index contributed by atoms with van der Waals surface area (Å²) in [6.45, 7) is 8.88. The number of esters is 6.